The third-order valence-corrected chi connectivity index (χ3v) is 12.0. The van der Waals surface area contributed by atoms with Gasteiger partial charge in [-0.2, -0.15) is 0 Å². The third kappa shape index (κ3) is 19.9. The molecule has 2 heterocycles. The molecule has 49 heavy (non-hydrogen) atoms. The first-order chi connectivity index (χ1) is 23.3. The van der Waals surface area contributed by atoms with Gasteiger partial charge in [-0.15, -0.1) is 20.1 Å². The second-order valence-corrected chi connectivity index (χ2v) is 15.7. The number of unbranched alkanes of at least 4 members (excludes halogenated alkanes) is 20. The van der Waals surface area contributed by atoms with E-state index in [0.29, 0.717) is 0 Å². The molecule has 0 unspecified atom stereocenters. The van der Waals surface area contributed by atoms with Gasteiger partial charge in [-0.05, 0) is 50.1 Å². The molecule has 0 N–H and O–H groups in total. The van der Waals surface area contributed by atoms with E-state index in [-0.39, 0.29) is 21.1 Å². The first kappa shape index (κ1) is 49.4. The van der Waals surface area contributed by atoms with Crippen molar-refractivity contribution in [2.45, 2.75) is 228 Å². The van der Waals surface area contributed by atoms with E-state index in [1.54, 1.807) is 0 Å². The standard InChI is InChI=1S/2C19H36N2S3.Pt/c2*1-3-5-7-9-11-13-15-20-17(22)18(23)21(19(20)24)16-14-12-10-8-6-4-2;/h2*22-23H,3-16H2,1-2H3;/q;;+4/p-4. The molecule has 0 fully saturated rings. The van der Waals surface area contributed by atoms with E-state index in [4.69, 9.17) is 75.0 Å². The van der Waals surface area contributed by atoms with Crippen molar-refractivity contribution in [3.8, 4) is 0 Å². The Kier molecular flexibility index (Phi) is 32.2. The van der Waals surface area contributed by atoms with Gasteiger partial charge in [0.15, 0.2) is 9.54 Å². The zero-order valence-electron chi connectivity index (χ0n) is 31.4. The number of aromatic nitrogens is 4. The topological polar surface area (TPSA) is 19.7 Å². The van der Waals surface area contributed by atoms with Crippen LogP contribution in [0.2, 0.25) is 0 Å². The molecule has 11 heteroatoms. The molecule has 0 bridgehead atoms. The largest absolute Gasteiger partial charge is 4.00 e. The summed E-state index contributed by atoms with van der Waals surface area (Å²) in [4.78, 5) is 0. The van der Waals surface area contributed by atoms with Gasteiger partial charge in [0.1, 0.15) is 0 Å². The molecule has 0 radical (unpaired) electrons. The normalized spacial score (nSPS) is 11.0. The zero-order valence-corrected chi connectivity index (χ0v) is 38.5. The van der Waals surface area contributed by atoms with Crippen LogP contribution in [-0.2, 0) is 97.8 Å². The smallest absolute Gasteiger partial charge is 0.762 e. The van der Waals surface area contributed by atoms with E-state index in [0.717, 1.165) is 81.5 Å². The van der Waals surface area contributed by atoms with Crippen molar-refractivity contribution in [3.63, 3.8) is 0 Å². The van der Waals surface area contributed by atoms with Gasteiger partial charge < -0.3 is 68.8 Å². The van der Waals surface area contributed by atoms with Crippen molar-refractivity contribution >= 4 is 75.0 Å². The van der Waals surface area contributed by atoms with Crippen LogP contribution in [0.1, 0.15) is 182 Å². The Hall–Kier alpha value is 0.428. The summed E-state index contributed by atoms with van der Waals surface area (Å²) in [7, 11) is 0. The minimum atomic E-state index is 0. The van der Waals surface area contributed by atoms with Crippen molar-refractivity contribution < 1.29 is 21.1 Å². The Balaban J connectivity index is 0.000000922. The van der Waals surface area contributed by atoms with Gasteiger partial charge in [0, 0.05) is 26.2 Å². The molecule has 2 aromatic rings. The van der Waals surface area contributed by atoms with Gasteiger partial charge >= 0.3 is 21.1 Å². The van der Waals surface area contributed by atoms with Crippen LogP contribution in [0.15, 0.2) is 20.1 Å². The summed E-state index contributed by atoms with van der Waals surface area (Å²) in [6.07, 6.45) is 30.8. The molecule has 0 aliphatic heterocycles. The predicted molar refractivity (Wildman–Crippen MR) is 223 cm³/mol. The average molecular weight is 968 g/mol. The van der Waals surface area contributed by atoms with Crippen LogP contribution in [0.5, 0.6) is 0 Å². The van der Waals surface area contributed by atoms with Crippen molar-refractivity contribution in [2.75, 3.05) is 0 Å². The van der Waals surface area contributed by atoms with Gasteiger partial charge in [0.2, 0.25) is 0 Å². The van der Waals surface area contributed by atoms with E-state index in [9.17, 15) is 0 Å². The van der Waals surface area contributed by atoms with Crippen molar-refractivity contribution in [2.24, 2.45) is 0 Å². The number of imidazole rings is 2. The Bertz CT molecular complexity index is 1030. The van der Waals surface area contributed by atoms with Gasteiger partial charge in [-0.1, -0.05) is 156 Å². The van der Waals surface area contributed by atoms with Crippen LogP contribution in [0.25, 0.3) is 0 Å². The van der Waals surface area contributed by atoms with Gasteiger partial charge in [0.05, 0.1) is 0 Å². The number of nitrogens with zero attached hydrogens (tertiary/aromatic N) is 4. The third-order valence-electron chi connectivity index (χ3n) is 9.21. The van der Waals surface area contributed by atoms with Crippen molar-refractivity contribution in [1.29, 1.82) is 0 Å². The van der Waals surface area contributed by atoms with Crippen molar-refractivity contribution in [1.82, 2.24) is 18.3 Å². The molecule has 0 saturated heterocycles. The van der Waals surface area contributed by atoms with E-state index >= 15 is 0 Å². The summed E-state index contributed by atoms with van der Waals surface area (Å²) in [5, 5.41) is 3.09. The maximum Gasteiger partial charge on any atom is 4.00 e. The molecule has 2 aromatic heterocycles. The Morgan fingerprint density at radius 2 is 0.490 bits per heavy atom. The minimum absolute atomic E-state index is 0. The summed E-state index contributed by atoms with van der Waals surface area (Å²) < 4.78 is 10.0. The Morgan fingerprint density at radius 1 is 0.327 bits per heavy atom. The van der Waals surface area contributed by atoms with Crippen molar-refractivity contribution in [3.05, 3.63) is 9.54 Å². The summed E-state index contributed by atoms with van der Waals surface area (Å²) in [5.74, 6) is 0. The van der Waals surface area contributed by atoms with Crippen LogP contribution in [0.3, 0.4) is 0 Å². The van der Waals surface area contributed by atoms with E-state index in [1.165, 1.54) is 128 Å². The quantitative estimate of drug-likeness (QED) is 0.0477. The molecule has 0 amide bonds. The van der Waals surface area contributed by atoms with Crippen LogP contribution in [0.4, 0.5) is 0 Å². The maximum atomic E-state index is 5.63. The predicted octanol–water partition coefficient (Wildman–Crippen LogP) is 13.1. The van der Waals surface area contributed by atoms with Crippen LogP contribution >= 0.6 is 24.4 Å². The minimum Gasteiger partial charge on any atom is -0.762 e. The molecule has 0 atom stereocenters. The molecule has 0 spiro atoms. The molecular weight excluding hydrogens is 900 g/mol. The van der Waals surface area contributed by atoms with E-state index in [1.807, 2.05) is 0 Å². The molecule has 0 saturated carbocycles. The fourth-order valence-corrected chi connectivity index (χ4v) is 8.20. The number of hydrogen-bond acceptors (Lipinski definition) is 6. The first-order valence-electron chi connectivity index (χ1n) is 19.6. The molecular formula is C38H68N4PtS6. The van der Waals surface area contributed by atoms with Crippen LogP contribution in [-0.4, -0.2) is 18.3 Å². The number of rotatable bonds is 28. The van der Waals surface area contributed by atoms with Crippen LogP contribution in [0, 0.1) is 9.54 Å². The second-order valence-electron chi connectivity index (χ2n) is 13.5. The summed E-state index contributed by atoms with van der Waals surface area (Å²) in [6, 6.07) is 0. The summed E-state index contributed by atoms with van der Waals surface area (Å²) >= 11 is 33.4. The fraction of sp³-hybridized carbons (Fsp3) is 0.842. The summed E-state index contributed by atoms with van der Waals surface area (Å²) in [6.45, 7) is 12.7. The SMILES string of the molecule is CCCCCCCCn1c([S-])c([S-])n(CCCCCCCC)c1=S.CCCCCCCCn1c([S-])c([S-])n(CCCCCCCC)c1=S.[Pt+4]. The van der Waals surface area contributed by atoms with Gasteiger partial charge in [-0.3, -0.25) is 0 Å². The molecule has 286 valence electrons. The molecule has 0 aliphatic carbocycles. The van der Waals surface area contributed by atoms with E-state index < -0.39 is 0 Å². The molecule has 2 rings (SSSR count). The maximum absolute atomic E-state index is 5.63. The first-order valence-corrected chi connectivity index (χ1v) is 22.1. The van der Waals surface area contributed by atoms with Gasteiger partial charge in [-0.25, -0.2) is 0 Å². The Labute approximate surface area is 349 Å². The molecule has 4 nitrogen and oxygen atoms in total. The zero-order chi connectivity index (χ0) is 35.6. The van der Waals surface area contributed by atoms with Crippen LogP contribution < -0.4 is 0 Å². The molecule has 0 aromatic carbocycles. The van der Waals surface area contributed by atoms with Gasteiger partial charge in [0.25, 0.3) is 0 Å². The Morgan fingerprint density at radius 3 is 0.673 bits per heavy atom. The number of hydrogen-bond donors (Lipinski definition) is 0. The van der Waals surface area contributed by atoms with E-state index in [2.05, 4.69) is 46.0 Å². The second kappa shape index (κ2) is 31.9. The molecule has 0 aliphatic rings. The fourth-order valence-electron chi connectivity index (χ4n) is 6.09. The summed E-state index contributed by atoms with van der Waals surface area (Å²) in [5.41, 5.74) is 0. The monoisotopic (exact) mass is 967 g/mol. The average Bonchev–Trinajstić information content (AvgIpc) is 3.41.